The standard InChI is InChI=1S/C13H24/c1-3-5-7-10-13(4-2)11-8-6-9-12-13/h3H,1,4-12H2,2H3. The van der Waals surface area contributed by atoms with Crippen LogP contribution in [0, 0.1) is 5.41 Å². The lowest BCUT2D eigenvalue weighted by Gasteiger charge is -2.36. The van der Waals surface area contributed by atoms with Crippen molar-refractivity contribution in [3.63, 3.8) is 0 Å². The summed E-state index contributed by atoms with van der Waals surface area (Å²) in [6.07, 6.45) is 14.9. The first-order valence-corrected chi connectivity index (χ1v) is 5.94. The molecule has 0 spiro atoms. The van der Waals surface area contributed by atoms with Gasteiger partial charge in [0.05, 0.1) is 0 Å². The average molecular weight is 180 g/mol. The van der Waals surface area contributed by atoms with Gasteiger partial charge in [-0.3, -0.25) is 0 Å². The van der Waals surface area contributed by atoms with Crippen molar-refractivity contribution in [1.82, 2.24) is 0 Å². The summed E-state index contributed by atoms with van der Waals surface area (Å²) in [6, 6.07) is 0. The van der Waals surface area contributed by atoms with Crippen LogP contribution in [0.15, 0.2) is 12.7 Å². The predicted molar refractivity (Wildman–Crippen MR) is 59.9 cm³/mol. The molecule has 0 aromatic heterocycles. The van der Waals surface area contributed by atoms with Gasteiger partial charge < -0.3 is 0 Å². The molecule has 0 heterocycles. The molecule has 0 nitrogen and oxygen atoms in total. The Morgan fingerprint density at radius 2 is 1.92 bits per heavy atom. The van der Waals surface area contributed by atoms with E-state index in [4.69, 9.17) is 0 Å². The van der Waals surface area contributed by atoms with Crippen molar-refractivity contribution >= 4 is 0 Å². The van der Waals surface area contributed by atoms with E-state index in [1.165, 1.54) is 57.8 Å². The van der Waals surface area contributed by atoms with Gasteiger partial charge in [0, 0.05) is 0 Å². The minimum absolute atomic E-state index is 0.723. The van der Waals surface area contributed by atoms with Gasteiger partial charge in [-0.15, -0.1) is 6.58 Å². The Bertz CT molecular complexity index is 140. The average Bonchev–Trinajstić information content (AvgIpc) is 2.20. The Kier molecular flexibility index (Phi) is 4.55. The normalized spacial score (nSPS) is 21.3. The van der Waals surface area contributed by atoms with Crippen LogP contribution in [0.3, 0.4) is 0 Å². The quantitative estimate of drug-likeness (QED) is 0.425. The van der Waals surface area contributed by atoms with E-state index in [0.29, 0.717) is 0 Å². The summed E-state index contributed by atoms with van der Waals surface area (Å²) in [4.78, 5) is 0. The fraction of sp³-hybridized carbons (Fsp3) is 0.846. The highest BCUT2D eigenvalue weighted by Crippen LogP contribution is 2.43. The van der Waals surface area contributed by atoms with Gasteiger partial charge in [-0.1, -0.05) is 38.7 Å². The van der Waals surface area contributed by atoms with Crippen molar-refractivity contribution in [2.45, 2.75) is 64.7 Å². The molecule has 0 aliphatic heterocycles. The molecular weight excluding hydrogens is 156 g/mol. The minimum Gasteiger partial charge on any atom is -0.103 e. The molecule has 0 aromatic carbocycles. The van der Waals surface area contributed by atoms with Crippen molar-refractivity contribution < 1.29 is 0 Å². The molecule has 0 radical (unpaired) electrons. The Morgan fingerprint density at radius 3 is 2.46 bits per heavy atom. The summed E-state index contributed by atoms with van der Waals surface area (Å²) >= 11 is 0. The molecule has 0 unspecified atom stereocenters. The topological polar surface area (TPSA) is 0 Å². The Balaban J connectivity index is 2.33. The van der Waals surface area contributed by atoms with Gasteiger partial charge >= 0.3 is 0 Å². The second-order valence-electron chi connectivity index (χ2n) is 4.60. The van der Waals surface area contributed by atoms with Gasteiger partial charge in [0.2, 0.25) is 0 Å². The van der Waals surface area contributed by atoms with Crippen LogP contribution in [0.25, 0.3) is 0 Å². The van der Waals surface area contributed by atoms with Crippen molar-refractivity contribution in [2.24, 2.45) is 5.41 Å². The third kappa shape index (κ3) is 3.17. The second-order valence-corrected chi connectivity index (χ2v) is 4.60. The number of hydrogen-bond acceptors (Lipinski definition) is 0. The van der Waals surface area contributed by atoms with E-state index in [1.807, 2.05) is 0 Å². The zero-order chi connectivity index (χ0) is 9.57. The largest absolute Gasteiger partial charge is 0.103 e. The highest BCUT2D eigenvalue weighted by molar-refractivity contribution is 4.82. The fourth-order valence-corrected chi connectivity index (χ4v) is 2.70. The summed E-state index contributed by atoms with van der Waals surface area (Å²) in [5.74, 6) is 0. The minimum atomic E-state index is 0.723. The summed E-state index contributed by atoms with van der Waals surface area (Å²) in [6.45, 7) is 6.17. The monoisotopic (exact) mass is 180 g/mol. The maximum Gasteiger partial charge on any atom is -0.0300 e. The number of hydrogen-bond donors (Lipinski definition) is 0. The van der Waals surface area contributed by atoms with Crippen molar-refractivity contribution in [2.75, 3.05) is 0 Å². The van der Waals surface area contributed by atoms with Crippen LogP contribution in [-0.2, 0) is 0 Å². The summed E-state index contributed by atoms with van der Waals surface area (Å²) in [5, 5.41) is 0. The smallest absolute Gasteiger partial charge is 0.0300 e. The zero-order valence-corrected chi connectivity index (χ0v) is 9.15. The molecule has 0 atom stereocenters. The molecule has 0 amide bonds. The van der Waals surface area contributed by atoms with Gasteiger partial charge in [-0.2, -0.15) is 0 Å². The Labute approximate surface area is 83.4 Å². The van der Waals surface area contributed by atoms with Gasteiger partial charge in [-0.05, 0) is 37.5 Å². The second kappa shape index (κ2) is 5.47. The summed E-state index contributed by atoms with van der Waals surface area (Å²) < 4.78 is 0. The van der Waals surface area contributed by atoms with Crippen LogP contribution >= 0.6 is 0 Å². The third-order valence-corrected chi connectivity index (χ3v) is 3.78. The first kappa shape index (κ1) is 10.8. The van der Waals surface area contributed by atoms with Crippen LogP contribution in [-0.4, -0.2) is 0 Å². The Morgan fingerprint density at radius 1 is 1.23 bits per heavy atom. The fourth-order valence-electron chi connectivity index (χ4n) is 2.70. The predicted octanol–water partition coefficient (Wildman–Crippen LogP) is 4.70. The molecule has 0 heteroatoms. The first-order valence-electron chi connectivity index (χ1n) is 5.94. The van der Waals surface area contributed by atoms with Crippen LogP contribution in [0.1, 0.15) is 64.7 Å². The molecule has 1 aliphatic carbocycles. The molecule has 0 N–H and O–H groups in total. The van der Waals surface area contributed by atoms with E-state index in [9.17, 15) is 0 Å². The van der Waals surface area contributed by atoms with E-state index < -0.39 is 0 Å². The highest BCUT2D eigenvalue weighted by Gasteiger charge is 2.28. The molecule has 1 aliphatic rings. The maximum atomic E-state index is 3.79. The van der Waals surface area contributed by atoms with Gasteiger partial charge in [0.25, 0.3) is 0 Å². The van der Waals surface area contributed by atoms with E-state index in [1.54, 1.807) is 0 Å². The maximum absolute atomic E-state index is 3.79. The van der Waals surface area contributed by atoms with Gasteiger partial charge in [0.1, 0.15) is 0 Å². The lowest BCUT2D eigenvalue weighted by molar-refractivity contribution is 0.161. The van der Waals surface area contributed by atoms with E-state index in [-0.39, 0.29) is 0 Å². The number of rotatable bonds is 5. The third-order valence-electron chi connectivity index (χ3n) is 3.78. The molecular formula is C13H24. The molecule has 76 valence electrons. The molecule has 1 rings (SSSR count). The van der Waals surface area contributed by atoms with E-state index in [0.717, 1.165) is 5.41 Å². The van der Waals surface area contributed by atoms with Gasteiger partial charge in [0.15, 0.2) is 0 Å². The number of allylic oxidation sites excluding steroid dienone is 1. The van der Waals surface area contributed by atoms with Crippen molar-refractivity contribution in [1.29, 1.82) is 0 Å². The summed E-state index contributed by atoms with van der Waals surface area (Å²) in [5.41, 5.74) is 0.723. The van der Waals surface area contributed by atoms with Crippen LogP contribution in [0.5, 0.6) is 0 Å². The number of unbranched alkanes of at least 4 members (excludes halogenated alkanes) is 1. The zero-order valence-electron chi connectivity index (χ0n) is 9.15. The van der Waals surface area contributed by atoms with Crippen LogP contribution < -0.4 is 0 Å². The molecule has 1 saturated carbocycles. The molecule has 0 saturated heterocycles. The Hall–Kier alpha value is -0.260. The molecule has 13 heavy (non-hydrogen) atoms. The van der Waals surface area contributed by atoms with Crippen molar-refractivity contribution in [3.05, 3.63) is 12.7 Å². The van der Waals surface area contributed by atoms with Crippen LogP contribution in [0.2, 0.25) is 0 Å². The summed E-state index contributed by atoms with van der Waals surface area (Å²) in [7, 11) is 0. The molecule has 1 fully saturated rings. The highest BCUT2D eigenvalue weighted by atomic mass is 14.3. The first-order chi connectivity index (χ1) is 6.33. The van der Waals surface area contributed by atoms with Crippen LogP contribution in [0.4, 0.5) is 0 Å². The van der Waals surface area contributed by atoms with E-state index >= 15 is 0 Å². The molecule has 0 bridgehead atoms. The van der Waals surface area contributed by atoms with E-state index in [2.05, 4.69) is 19.6 Å². The SMILES string of the molecule is C=CCCCC1(CC)CCCCC1. The van der Waals surface area contributed by atoms with Gasteiger partial charge in [-0.25, -0.2) is 0 Å². The molecule has 0 aromatic rings. The lowest BCUT2D eigenvalue weighted by Crippen LogP contribution is -2.22. The van der Waals surface area contributed by atoms with Crippen molar-refractivity contribution in [3.8, 4) is 0 Å². The lowest BCUT2D eigenvalue weighted by atomic mass is 9.69.